The van der Waals surface area contributed by atoms with Crippen molar-refractivity contribution >= 4 is 18.3 Å². The molecule has 0 saturated heterocycles. The van der Waals surface area contributed by atoms with E-state index in [2.05, 4.69) is 17.6 Å². The molecule has 0 fully saturated rings. The summed E-state index contributed by atoms with van der Waals surface area (Å²) in [6, 6.07) is 9.62. The van der Waals surface area contributed by atoms with E-state index in [9.17, 15) is 0 Å². The first-order valence-corrected chi connectivity index (χ1v) is 6.47. The van der Waals surface area contributed by atoms with Crippen LogP contribution in [-0.4, -0.2) is 14.2 Å². The Morgan fingerprint density at radius 3 is 2.25 bits per heavy atom. The maximum atomic E-state index is 9.05. The Kier molecular flexibility index (Phi) is 4.16. The predicted molar refractivity (Wildman–Crippen MR) is 81.7 cm³/mol. The van der Waals surface area contributed by atoms with Gasteiger partial charge in [-0.15, -0.1) is 12.6 Å². The fourth-order valence-corrected chi connectivity index (χ4v) is 2.49. The van der Waals surface area contributed by atoms with Crippen LogP contribution in [0.2, 0.25) is 0 Å². The van der Waals surface area contributed by atoms with Gasteiger partial charge in [0.05, 0.1) is 25.2 Å². The van der Waals surface area contributed by atoms with E-state index >= 15 is 0 Å². The number of benzene rings is 2. The number of diazo groups is 1. The van der Waals surface area contributed by atoms with Gasteiger partial charge in [-0.1, -0.05) is 29.8 Å². The van der Waals surface area contributed by atoms with Crippen LogP contribution in [0.4, 0.5) is 5.69 Å². The minimum absolute atomic E-state index is 0.283. The summed E-state index contributed by atoms with van der Waals surface area (Å²) in [6.07, 6.45) is 0. The molecule has 0 unspecified atom stereocenters. The molecular weight excluding hydrogens is 272 g/mol. The zero-order chi connectivity index (χ0) is 14.7. The number of rotatable bonds is 3. The van der Waals surface area contributed by atoms with Crippen LogP contribution in [0.1, 0.15) is 5.56 Å². The second-order valence-corrected chi connectivity index (χ2v) is 4.77. The Bertz CT molecular complexity index is 676. The zero-order valence-corrected chi connectivity index (χ0v) is 12.4. The van der Waals surface area contributed by atoms with Gasteiger partial charge >= 0.3 is 5.69 Å². The first-order chi connectivity index (χ1) is 9.62. The summed E-state index contributed by atoms with van der Waals surface area (Å²) in [7, 11) is 3.07. The third-order valence-corrected chi connectivity index (χ3v) is 3.50. The normalized spacial score (nSPS) is 9.95. The third-order valence-electron chi connectivity index (χ3n) is 3.07. The molecule has 2 rings (SSSR count). The average Bonchev–Trinajstić information content (AvgIpc) is 2.47. The largest absolute Gasteiger partial charge is 0.496 e. The Hall–Kier alpha value is -2.19. The molecule has 0 N–H and O–H groups in total. The fraction of sp³-hybridized carbons (Fsp3) is 0.200. The van der Waals surface area contributed by atoms with E-state index in [0.29, 0.717) is 16.4 Å². The summed E-state index contributed by atoms with van der Waals surface area (Å²) in [6.45, 7) is 2.02. The smallest absolute Gasteiger partial charge is 0.431 e. The molecule has 0 aliphatic heterocycles. The van der Waals surface area contributed by atoms with Crippen LogP contribution in [0.25, 0.3) is 16.1 Å². The topological polar surface area (TPSA) is 46.6 Å². The average molecular weight is 287 g/mol. The van der Waals surface area contributed by atoms with Crippen molar-refractivity contribution in [2.75, 3.05) is 14.2 Å². The molecule has 0 atom stereocenters. The lowest BCUT2D eigenvalue weighted by molar-refractivity contribution is 0.398. The van der Waals surface area contributed by atoms with Gasteiger partial charge in [-0.25, -0.2) is 0 Å². The van der Waals surface area contributed by atoms with Gasteiger partial charge in [-0.05, 0) is 12.5 Å². The molecule has 2 aromatic rings. The van der Waals surface area contributed by atoms with Gasteiger partial charge in [-0.3, -0.25) is 0 Å². The highest BCUT2D eigenvalue weighted by molar-refractivity contribution is 7.80. The van der Waals surface area contributed by atoms with Gasteiger partial charge in [0.2, 0.25) is 11.1 Å². The lowest BCUT2D eigenvalue weighted by Gasteiger charge is -2.13. The van der Waals surface area contributed by atoms with Crippen molar-refractivity contribution in [2.24, 2.45) is 0 Å². The second-order valence-electron chi connectivity index (χ2n) is 4.32. The van der Waals surface area contributed by atoms with E-state index in [-0.39, 0.29) is 5.69 Å². The van der Waals surface area contributed by atoms with Gasteiger partial charge in [-0.2, -0.15) is 0 Å². The Morgan fingerprint density at radius 2 is 1.75 bits per heavy atom. The molecule has 0 heterocycles. The summed E-state index contributed by atoms with van der Waals surface area (Å²) < 4.78 is 10.6. The molecule has 5 heteroatoms. The quantitative estimate of drug-likeness (QED) is 0.670. The van der Waals surface area contributed by atoms with Crippen LogP contribution in [-0.2, 0) is 0 Å². The summed E-state index contributed by atoms with van der Waals surface area (Å²) in [4.78, 5) is 3.78. The molecule has 0 amide bonds. The van der Waals surface area contributed by atoms with E-state index in [0.717, 1.165) is 11.1 Å². The van der Waals surface area contributed by atoms with E-state index < -0.39 is 0 Å². The van der Waals surface area contributed by atoms with Gasteiger partial charge in [0, 0.05) is 5.56 Å². The van der Waals surface area contributed by atoms with Crippen LogP contribution >= 0.6 is 12.6 Å². The SMILES string of the molecule is COc1cc([N+]#N)c(OC)c(S)c1-c1ccc(C)cc1. The molecule has 0 radical (unpaired) electrons. The Balaban J connectivity index is 2.74. The number of hydrogen-bond donors (Lipinski definition) is 1. The minimum atomic E-state index is 0.283. The van der Waals surface area contributed by atoms with Crippen LogP contribution < -0.4 is 9.47 Å². The Labute approximate surface area is 123 Å². The van der Waals surface area contributed by atoms with Crippen molar-refractivity contribution in [3.8, 4) is 22.6 Å². The molecule has 20 heavy (non-hydrogen) atoms. The highest BCUT2D eigenvalue weighted by Gasteiger charge is 2.25. The van der Waals surface area contributed by atoms with E-state index in [1.807, 2.05) is 31.2 Å². The standard InChI is InChI=1S/C15H14N2O2S/c1-9-4-6-10(7-5-9)13-12(18-2)8-11(17-16)14(19-3)15(13)20/h4-8H,1-3H3/p+1. The third kappa shape index (κ3) is 2.43. The summed E-state index contributed by atoms with van der Waals surface area (Å²) in [5.74, 6) is 0.986. The van der Waals surface area contributed by atoms with Crippen molar-refractivity contribution in [2.45, 2.75) is 11.8 Å². The Morgan fingerprint density at radius 1 is 1.10 bits per heavy atom. The second kappa shape index (κ2) is 5.85. The van der Waals surface area contributed by atoms with Crippen LogP contribution in [0.3, 0.4) is 0 Å². The highest BCUT2D eigenvalue weighted by atomic mass is 32.1. The van der Waals surface area contributed by atoms with Crippen LogP contribution in [0, 0.1) is 12.3 Å². The van der Waals surface area contributed by atoms with Crippen molar-refractivity contribution in [3.63, 3.8) is 0 Å². The maximum Gasteiger partial charge on any atom is 0.431 e. The number of aryl methyl sites for hydroxylation is 1. The maximum absolute atomic E-state index is 9.05. The molecule has 0 bridgehead atoms. The molecule has 0 aliphatic rings. The molecular formula is C15H15N2O2S+. The van der Waals surface area contributed by atoms with Crippen LogP contribution in [0.5, 0.6) is 11.5 Å². The number of nitrogens with zero attached hydrogens (tertiary/aromatic N) is 2. The number of methoxy groups -OCH3 is 2. The molecule has 0 spiro atoms. The van der Waals surface area contributed by atoms with E-state index in [4.69, 9.17) is 14.9 Å². The highest BCUT2D eigenvalue weighted by Crippen LogP contribution is 2.46. The van der Waals surface area contributed by atoms with Gasteiger partial charge in [0.25, 0.3) is 0 Å². The minimum Gasteiger partial charge on any atom is -0.496 e. The van der Waals surface area contributed by atoms with Gasteiger partial charge in [0.1, 0.15) is 5.75 Å². The van der Waals surface area contributed by atoms with Crippen molar-refractivity contribution in [3.05, 3.63) is 40.9 Å². The molecule has 102 valence electrons. The number of ether oxygens (including phenoxy) is 2. The lowest BCUT2D eigenvalue weighted by Crippen LogP contribution is -1.94. The predicted octanol–water partition coefficient (Wildman–Crippen LogP) is 4.45. The molecule has 0 aliphatic carbocycles. The van der Waals surface area contributed by atoms with Crippen molar-refractivity contribution < 1.29 is 9.47 Å². The number of thiol groups is 1. The molecule has 0 aromatic heterocycles. The lowest BCUT2D eigenvalue weighted by atomic mass is 10.0. The number of hydrogen-bond acceptors (Lipinski definition) is 4. The fourth-order valence-electron chi connectivity index (χ4n) is 2.05. The van der Waals surface area contributed by atoms with Crippen LogP contribution in [0.15, 0.2) is 35.2 Å². The molecule has 4 nitrogen and oxygen atoms in total. The molecule has 0 saturated carbocycles. The monoisotopic (exact) mass is 287 g/mol. The van der Waals surface area contributed by atoms with Crippen molar-refractivity contribution in [1.29, 1.82) is 5.39 Å². The first kappa shape index (κ1) is 14.2. The molecule has 2 aromatic carbocycles. The summed E-state index contributed by atoms with van der Waals surface area (Å²) >= 11 is 4.50. The van der Waals surface area contributed by atoms with E-state index in [1.165, 1.54) is 12.7 Å². The first-order valence-electron chi connectivity index (χ1n) is 6.02. The zero-order valence-electron chi connectivity index (χ0n) is 11.5. The van der Waals surface area contributed by atoms with E-state index in [1.54, 1.807) is 13.2 Å². The van der Waals surface area contributed by atoms with Crippen molar-refractivity contribution in [1.82, 2.24) is 0 Å². The van der Waals surface area contributed by atoms with Gasteiger partial charge < -0.3 is 9.47 Å². The summed E-state index contributed by atoms with van der Waals surface area (Å²) in [5.41, 5.74) is 3.22. The summed E-state index contributed by atoms with van der Waals surface area (Å²) in [5, 5.41) is 9.05. The van der Waals surface area contributed by atoms with Gasteiger partial charge in [0.15, 0.2) is 4.98 Å².